The molecule has 0 spiro atoms. The van der Waals surface area contributed by atoms with Crippen LogP contribution in [0.4, 0.5) is 0 Å². The van der Waals surface area contributed by atoms with Gasteiger partial charge in [-0.15, -0.1) is 0 Å². The van der Waals surface area contributed by atoms with Crippen molar-refractivity contribution in [1.29, 1.82) is 0 Å². The van der Waals surface area contributed by atoms with Crippen LogP contribution in [0.2, 0.25) is 5.02 Å². The van der Waals surface area contributed by atoms with Crippen LogP contribution in [0.3, 0.4) is 0 Å². The molecule has 0 aromatic carbocycles. The van der Waals surface area contributed by atoms with E-state index < -0.39 is 6.10 Å². The van der Waals surface area contributed by atoms with E-state index in [9.17, 15) is 9.90 Å². The molecule has 1 unspecified atom stereocenters. The predicted molar refractivity (Wildman–Crippen MR) is 84.9 cm³/mol. The Hall–Kier alpha value is -1.86. The van der Waals surface area contributed by atoms with E-state index in [0.29, 0.717) is 18.0 Å². The van der Waals surface area contributed by atoms with Gasteiger partial charge in [0.05, 0.1) is 29.7 Å². The van der Waals surface area contributed by atoms with Gasteiger partial charge in [0, 0.05) is 24.6 Å². The minimum Gasteiger partial charge on any atom is -0.391 e. The largest absolute Gasteiger partial charge is 0.391 e. The number of carbonyl (C=O) groups is 1. The fraction of sp³-hybridized carbons (Fsp3) is 0.533. The topological polar surface area (TPSA) is 85.0 Å². The molecule has 2 aromatic rings. The molecular formula is C15H20ClN5O2. The van der Waals surface area contributed by atoms with E-state index in [4.69, 9.17) is 11.6 Å². The third-order valence-electron chi connectivity index (χ3n) is 4.25. The Bertz CT molecular complexity index is 683. The maximum atomic E-state index is 12.1. The molecule has 0 bridgehead atoms. The third kappa shape index (κ3) is 3.92. The highest BCUT2D eigenvalue weighted by Gasteiger charge is 2.34. The zero-order chi connectivity index (χ0) is 16.4. The molecule has 1 aliphatic rings. The Balaban J connectivity index is 1.52. The molecule has 8 heteroatoms. The van der Waals surface area contributed by atoms with Crippen LogP contribution in [0.25, 0.3) is 0 Å². The SMILES string of the molecule is Cc1cncn1CC(=O)N[C@@H]1CC(Cn2cc(Cl)cn2)C[C@H]1O. The van der Waals surface area contributed by atoms with Crippen molar-refractivity contribution >= 4 is 17.5 Å². The summed E-state index contributed by atoms with van der Waals surface area (Å²) in [5, 5.41) is 17.9. The highest BCUT2D eigenvalue weighted by Crippen LogP contribution is 2.27. The summed E-state index contributed by atoms with van der Waals surface area (Å²) in [6.45, 7) is 2.81. The monoisotopic (exact) mass is 337 g/mol. The second-order valence-corrected chi connectivity index (χ2v) is 6.56. The van der Waals surface area contributed by atoms with Gasteiger partial charge in [-0.1, -0.05) is 11.6 Å². The smallest absolute Gasteiger partial charge is 0.240 e. The minimum absolute atomic E-state index is 0.113. The second-order valence-electron chi connectivity index (χ2n) is 6.12. The van der Waals surface area contributed by atoms with Crippen molar-refractivity contribution in [3.8, 4) is 0 Å². The molecule has 124 valence electrons. The fourth-order valence-electron chi connectivity index (χ4n) is 3.08. The summed E-state index contributed by atoms with van der Waals surface area (Å²) in [6, 6.07) is -0.220. The number of nitrogens with one attached hydrogen (secondary N) is 1. The molecule has 0 radical (unpaired) electrons. The average molecular weight is 338 g/mol. The van der Waals surface area contributed by atoms with E-state index in [1.165, 1.54) is 0 Å². The molecular weight excluding hydrogens is 318 g/mol. The van der Waals surface area contributed by atoms with Crippen molar-refractivity contribution < 1.29 is 9.90 Å². The molecule has 3 rings (SSSR count). The second kappa shape index (κ2) is 6.72. The number of aromatic nitrogens is 4. The Morgan fingerprint density at radius 1 is 1.48 bits per heavy atom. The van der Waals surface area contributed by atoms with Crippen molar-refractivity contribution in [3.05, 3.63) is 35.6 Å². The van der Waals surface area contributed by atoms with Gasteiger partial charge in [0.1, 0.15) is 6.54 Å². The van der Waals surface area contributed by atoms with Crippen LogP contribution in [-0.2, 0) is 17.9 Å². The summed E-state index contributed by atoms with van der Waals surface area (Å²) in [6.07, 6.45) is 7.55. The maximum absolute atomic E-state index is 12.1. The van der Waals surface area contributed by atoms with Gasteiger partial charge < -0.3 is 15.0 Å². The van der Waals surface area contributed by atoms with E-state index in [1.807, 2.05) is 6.92 Å². The summed E-state index contributed by atoms with van der Waals surface area (Å²) in [5.74, 6) is 0.152. The lowest BCUT2D eigenvalue weighted by molar-refractivity contribution is -0.123. The molecule has 1 aliphatic carbocycles. The number of aliphatic hydroxyl groups is 1. The zero-order valence-electron chi connectivity index (χ0n) is 12.9. The van der Waals surface area contributed by atoms with Gasteiger partial charge in [0.15, 0.2) is 0 Å². The molecule has 2 N–H and O–H groups in total. The van der Waals surface area contributed by atoms with Gasteiger partial charge in [-0.2, -0.15) is 5.10 Å². The summed E-state index contributed by atoms with van der Waals surface area (Å²) < 4.78 is 3.55. The van der Waals surface area contributed by atoms with E-state index in [-0.39, 0.29) is 24.4 Å². The van der Waals surface area contributed by atoms with Crippen LogP contribution in [0.15, 0.2) is 24.9 Å². The number of nitrogens with zero attached hydrogens (tertiary/aromatic N) is 4. The summed E-state index contributed by atoms with van der Waals surface area (Å²) in [5.41, 5.74) is 0.931. The lowest BCUT2D eigenvalue weighted by Gasteiger charge is -2.17. The van der Waals surface area contributed by atoms with Gasteiger partial charge in [-0.05, 0) is 25.7 Å². The van der Waals surface area contributed by atoms with E-state index in [0.717, 1.165) is 12.1 Å². The zero-order valence-corrected chi connectivity index (χ0v) is 13.6. The number of rotatable bonds is 5. The van der Waals surface area contributed by atoms with Crippen LogP contribution in [-0.4, -0.2) is 42.5 Å². The van der Waals surface area contributed by atoms with Gasteiger partial charge in [-0.3, -0.25) is 9.48 Å². The first-order valence-electron chi connectivity index (χ1n) is 7.63. The van der Waals surface area contributed by atoms with Crippen molar-refractivity contribution in [1.82, 2.24) is 24.6 Å². The molecule has 1 amide bonds. The molecule has 7 nitrogen and oxygen atoms in total. The van der Waals surface area contributed by atoms with Crippen molar-refractivity contribution in [2.24, 2.45) is 5.92 Å². The van der Waals surface area contributed by atoms with Gasteiger partial charge in [0.25, 0.3) is 0 Å². The number of halogens is 1. The fourth-order valence-corrected chi connectivity index (χ4v) is 3.24. The van der Waals surface area contributed by atoms with Crippen LogP contribution in [0.1, 0.15) is 18.5 Å². The number of amides is 1. The lowest BCUT2D eigenvalue weighted by atomic mass is 10.1. The Morgan fingerprint density at radius 3 is 2.96 bits per heavy atom. The van der Waals surface area contributed by atoms with E-state index >= 15 is 0 Å². The molecule has 2 heterocycles. The first-order chi connectivity index (χ1) is 11.0. The average Bonchev–Trinajstić information content (AvgIpc) is 3.15. The highest BCUT2D eigenvalue weighted by atomic mass is 35.5. The number of aryl methyl sites for hydroxylation is 1. The summed E-state index contributed by atoms with van der Waals surface area (Å²) in [7, 11) is 0. The Morgan fingerprint density at radius 2 is 2.30 bits per heavy atom. The molecule has 0 aliphatic heterocycles. The van der Waals surface area contributed by atoms with E-state index in [2.05, 4.69) is 15.4 Å². The summed E-state index contributed by atoms with van der Waals surface area (Å²) >= 11 is 5.86. The number of aliphatic hydroxyl groups excluding tert-OH is 1. The van der Waals surface area contributed by atoms with Crippen LogP contribution in [0.5, 0.6) is 0 Å². The first kappa shape index (κ1) is 16.0. The van der Waals surface area contributed by atoms with Crippen LogP contribution >= 0.6 is 11.6 Å². The number of carbonyl (C=O) groups excluding carboxylic acids is 1. The normalized spacial score (nSPS) is 24.0. The van der Waals surface area contributed by atoms with Crippen molar-refractivity contribution in [3.63, 3.8) is 0 Å². The molecule has 0 saturated heterocycles. The quantitative estimate of drug-likeness (QED) is 0.852. The molecule has 1 saturated carbocycles. The molecule has 1 fully saturated rings. The third-order valence-corrected chi connectivity index (χ3v) is 4.45. The molecule has 2 aromatic heterocycles. The maximum Gasteiger partial charge on any atom is 0.240 e. The lowest BCUT2D eigenvalue weighted by Crippen LogP contribution is -2.41. The first-order valence-corrected chi connectivity index (χ1v) is 8.01. The molecule has 3 atom stereocenters. The Labute approximate surface area is 139 Å². The van der Waals surface area contributed by atoms with Crippen LogP contribution < -0.4 is 5.32 Å². The van der Waals surface area contributed by atoms with Gasteiger partial charge >= 0.3 is 0 Å². The minimum atomic E-state index is -0.529. The van der Waals surface area contributed by atoms with Crippen molar-refractivity contribution in [2.75, 3.05) is 0 Å². The number of hydrogen-bond donors (Lipinski definition) is 2. The predicted octanol–water partition coefficient (Wildman–Crippen LogP) is 0.997. The Kier molecular flexibility index (Phi) is 4.68. The van der Waals surface area contributed by atoms with E-state index in [1.54, 1.807) is 34.2 Å². The van der Waals surface area contributed by atoms with Crippen molar-refractivity contribution in [2.45, 2.75) is 45.0 Å². The van der Waals surface area contributed by atoms with Crippen LogP contribution in [0, 0.1) is 12.8 Å². The molecule has 23 heavy (non-hydrogen) atoms. The standard InChI is InChI=1S/C15H20ClN5O2/c1-10-4-17-9-20(10)8-15(23)19-13-2-11(3-14(13)22)6-21-7-12(16)5-18-21/h4-5,7,9,11,13-14,22H,2-3,6,8H2,1H3,(H,19,23)/t11?,13-,14-/m1/s1. The number of hydrogen-bond acceptors (Lipinski definition) is 4. The summed E-state index contributed by atoms with van der Waals surface area (Å²) in [4.78, 5) is 16.1. The number of imidazole rings is 1. The highest BCUT2D eigenvalue weighted by molar-refractivity contribution is 6.30. The van der Waals surface area contributed by atoms with Gasteiger partial charge in [0.2, 0.25) is 5.91 Å². The van der Waals surface area contributed by atoms with Gasteiger partial charge in [-0.25, -0.2) is 4.98 Å².